The largest absolute Gasteiger partial charge is 0.478 e. The molecule has 0 aliphatic carbocycles. The zero-order valence-electron chi connectivity index (χ0n) is 10.1. The molecule has 0 atom stereocenters. The van der Waals surface area contributed by atoms with Gasteiger partial charge in [-0.3, -0.25) is 0 Å². The molecule has 0 fully saturated rings. The van der Waals surface area contributed by atoms with Crippen LogP contribution < -0.4 is 0 Å². The van der Waals surface area contributed by atoms with Gasteiger partial charge in [-0.05, 0) is 31.2 Å². The number of aryl methyl sites for hydroxylation is 1. The SMILES string of the molecule is Cc1nn(-c2ncccn2)c2ccc(C(=O)O)cc12. The summed E-state index contributed by atoms with van der Waals surface area (Å²) in [6.07, 6.45) is 3.27. The van der Waals surface area contributed by atoms with Gasteiger partial charge in [0.2, 0.25) is 0 Å². The van der Waals surface area contributed by atoms with Crippen molar-refractivity contribution in [3.05, 3.63) is 47.9 Å². The van der Waals surface area contributed by atoms with Crippen LogP contribution in [0.2, 0.25) is 0 Å². The third kappa shape index (κ3) is 1.83. The molecule has 0 amide bonds. The van der Waals surface area contributed by atoms with Gasteiger partial charge in [-0.2, -0.15) is 9.78 Å². The standard InChI is InChI=1S/C13H10N4O2/c1-8-10-7-9(12(18)19)3-4-11(10)17(16-8)13-14-5-2-6-15-13/h2-7H,1H3,(H,18,19). The van der Waals surface area contributed by atoms with Crippen molar-refractivity contribution in [1.82, 2.24) is 19.7 Å². The average molecular weight is 254 g/mol. The molecule has 0 bridgehead atoms. The fraction of sp³-hybridized carbons (Fsp3) is 0.0769. The number of fused-ring (bicyclic) bond motifs is 1. The summed E-state index contributed by atoms with van der Waals surface area (Å²) in [4.78, 5) is 19.3. The first-order chi connectivity index (χ1) is 9.16. The van der Waals surface area contributed by atoms with Gasteiger partial charge in [0, 0.05) is 17.8 Å². The van der Waals surface area contributed by atoms with Crippen LogP contribution in [-0.2, 0) is 0 Å². The van der Waals surface area contributed by atoms with E-state index in [4.69, 9.17) is 5.11 Å². The van der Waals surface area contributed by atoms with E-state index >= 15 is 0 Å². The van der Waals surface area contributed by atoms with Crippen molar-refractivity contribution < 1.29 is 9.90 Å². The summed E-state index contributed by atoms with van der Waals surface area (Å²) < 4.78 is 1.61. The number of nitrogens with zero attached hydrogens (tertiary/aromatic N) is 4. The maximum Gasteiger partial charge on any atom is 0.335 e. The summed E-state index contributed by atoms with van der Waals surface area (Å²) in [5.41, 5.74) is 1.77. The van der Waals surface area contributed by atoms with E-state index in [1.54, 1.807) is 41.3 Å². The molecule has 0 spiro atoms. The summed E-state index contributed by atoms with van der Waals surface area (Å²) >= 11 is 0. The Hall–Kier alpha value is -2.76. The smallest absolute Gasteiger partial charge is 0.335 e. The first-order valence-electron chi connectivity index (χ1n) is 5.67. The van der Waals surface area contributed by atoms with Crippen molar-refractivity contribution >= 4 is 16.9 Å². The summed E-state index contributed by atoms with van der Waals surface area (Å²) in [7, 11) is 0. The van der Waals surface area contributed by atoms with Gasteiger partial charge in [-0.1, -0.05) is 0 Å². The van der Waals surface area contributed by atoms with Crippen molar-refractivity contribution in [2.45, 2.75) is 6.92 Å². The van der Waals surface area contributed by atoms with Gasteiger partial charge >= 0.3 is 5.97 Å². The third-order valence-corrected chi connectivity index (χ3v) is 2.85. The van der Waals surface area contributed by atoms with E-state index < -0.39 is 5.97 Å². The Balaban J connectivity index is 2.26. The molecule has 1 aromatic carbocycles. The normalized spacial score (nSPS) is 10.8. The number of carbonyl (C=O) groups is 1. The fourth-order valence-corrected chi connectivity index (χ4v) is 1.95. The van der Waals surface area contributed by atoms with E-state index in [9.17, 15) is 4.79 Å². The number of aromatic carboxylic acids is 1. The number of benzene rings is 1. The Morgan fingerprint density at radius 2 is 2.00 bits per heavy atom. The van der Waals surface area contributed by atoms with Gasteiger partial charge in [-0.25, -0.2) is 14.8 Å². The molecule has 0 saturated carbocycles. The van der Waals surface area contributed by atoms with Gasteiger partial charge in [0.1, 0.15) is 0 Å². The van der Waals surface area contributed by atoms with Gasteiger partial charge in [0.25, 0.3) is 5.95 Å². The number of rotatable bonds is 2. The van der Waals surface area contributed by atoms with Crippen LogP contribution in [0.25, 0.3) is 16.9 Å². The predicted molar refractivity (Wildman–Crippen MR) is 68.4 cm³/mol. The number of carboxylic acids is 1. The topological polar surface area (TPSA) is 80.9 Å². The second-order valence-electron chi connectivity index (χ2n) is 4.08. The molecule has 3 rings (SSSR count). The van der Waals surface area contributed by atoms with Crippen LogP contribution >= 0.6 is 0 Å². The molecule has 19 heavy (non-hydrogen) atoms. The second-order valence-corrected chi connectivity index (χ2v) is 4.08. The average Bonchev–Trinajstić information content (AvgIpc) is 2.77. The van der Waals surface area contributed by atoms with Crippen LogP contribution in [0.15, 0.2) is 36.7 Å². The monoisotopic (exact) mass is 254 g/mol. The Kier molecular flexibility index (Phi) is 2.49. The summed E-state index contributed by atoms with van der Waals surface area (Å²) in [6.45, 7) is 1.83. The van der Waals surface area contributed by atoms with Crippen molar-refractivity contribution in [1.29, 1.82) is 0 Å². The third-order valence-electron chi connectivity index (χ3n) is 2.85. The van der Waals surface area contributed by atoms with Crippen LogP contribution in [0.5, 0.6) is 0 Å². The highest BCUT2D eigenvalue weighted by molar-refractivity contribution is 5.94. The lowest BCUT2D eigenvalue weighted by atomic mass is 10.1. The van der Waals surface area contributed by atoms with Gasteiger partial charge < -0.3 is 5.11 Å². The molecule has 6 heteroatoms. The Bertz CT molecular complexity index is 765. The predicted octanol–water partition coefficient (Wildman–Crippen LogP) is 1.82. The number of hydrogen-bond acceptors (Lipinski definition) is 4. The minimum atomic E-state index is -0.954. The molecule has 2 heterocycles. The first-order valence-corrected chi connectivity index (χ1v) is 5.67. The minimum absolute atomic E-state index is 0.240. The van der Waals surface area contributed by atoms with E-state index in [1.807, 2.05) is 6.92 Å². The zero-order valence-corrected chi connectivity index (χ0v) is 10.1. The number of hydrogen-bond donors (Lipinski definition) is 1. The Morgan fingerprint density at radius 3 is 2.68 bits per heavy atom. The molecule has 0 aliphatic heterocycles. The zero-order chi connectivity index (χ0) is 13.4. The van der Waals surface area contributed by atoms with E-state index in [1.165, 1.54) is 0 Å². The van der Waals surface area contributed by atoms with Crippen LogP contribution in [0.1, 0.15) is 16.1 Å². The highest BCUT2D eigenvalue weighted by Crippen LogP contribution is 2.21. The summed E-state index contributed by atoms with van der Waals surface area (Å²) in [5.74, 6) is -0.492. The van der Waals surface area contributed by atoms with E-state index in [2.05, 4.69) is 15.1 Å². The maximum absolute atomic E-state index is 11.0. The Labute approximate surface area is 108 Å². The highest BCUT2D eigenvalue weighted by atomic mass is 16.4. The van der Waals surface area contributed by atoms with Gasteiger partial charge in [0.05, 0.1) is 16.8 Å². The number of aromatic nitrogens is 4. The lowest BCUT2D eigenvalue weighted by Crippen LogP contribution is -2.02. The second kappa shape index (κ2) is 4.16. The van der Waals surface area contributed by atoms with Crippen LogP contribution in [0, 0.1) is 6.92 Å². The highest BCUT2D eigenvalue weighted by Gasteiger charge is 2.13. The Morgan fingerprint density at radius 1 is 1.26 bits per heavy atom. The fourth-order valence-electron chi connectivity index (χ4n) is 1.95. The lowest BCUT2D eigenvalue weighted by Gasteiger charge is -2.00. The molecule has 0 aliphatic rings. The van der Waals surface area contributed by atoms with E-state index in [0.717, 1.165) is 16.6 Å². The quantitative estimate of drug-likeness (QED) is 0.754. The van der Waals surface area contributed by atoms with Crippen molar-refractivity contribution in [2.24, 2.45) is 0 Å². The van der Waals surface area contributed by atoms with Crippen LogP contribution in [-0.4, -0.2) is 30.8 Å². The molecule has 6 nitrogen and oxygen atoms in total. The van der Waals surface area contributed by atoms with Crippen molar-refractivity contribution in [3.63, 3.8) is 0 Å². The molecular weight excluding hydrogens is 244 g/mol. The molecule has 2 aromatic heterocycles. The van der Waals surface area contributed by atoms with Gasteiger partial charge in [-0.15, -0.1) is 0 Å². The number of carboxylic acid groups (broad SMARTS) is 1. The lowest BCUT2D eigenvalue weighted by molar-refractivity contribution is 0.0697. The molecular formula is C13H10N4O2. The van der Waals surface area contributed by atoms with Crippen molar-refractivity contribution in [3.8, 4) is 5.95 Å². The molecule has 0 radical (unpaired) electrons. The summed E-state index contributed by atoms with van der Waals surface area (Å²) in [6, 6.07) is 6.60. The van der Waals surface area contributed by atoms with E-state index in [0.29, 0.717) is 5.95 Å². The first kappa shape index (κ1) is 11.3. The molecule has 3 aromatic rings. The molecule has 94 valence electrons. The molecule has 0 saturated heterocycles. The van der Waals surface area contributed by atoms with Crippen LogP contribution in [0.3, 0.4) is 0 Å². The molecule has 1 N–H and O–H groups in total. The minimum Gasteiger partial charge on any atom is -0.478 e. The van der Waals surface area contributed by atoms with E-state index in [-0.39, 0.29) is 5.56 Å². The van der Waals surface area contributed by atoms with Crippen LogP contribution in [0.4, 0.5) is 0 Å². The molecule has 0 unspecified atom stereocenters. The van der Waals surface area contributed by atoms with Crippen molar-refractivity contribution in [2.75, 3.05) is 0 Å². The van der Waals surface area contributed by atoms with Gasteiger partial charge in [0.15, 0.2) is 0 Å². The summed E-state index contributed by atoms with van der Waals surface area (Å²) in [5, 5.41) is 14.2. The maximum atomic E-state index is 11.0.